The number of rotatable bonds is 3. The maximum atomic E-state index is 11.7. The normalized spacial score (nSPS) is 32.4. The minimum atomic E-state index is -2.24. The van der Waals surface area contributed by atoms with Crippen molar-refractivity contribution in [1.82, 2.24) is 5.32 Å². The van der Waals surface area contributed by atoms with Gasteiger partial charge in [-0.25, -0.2) is 8.78 Å². The molecule has 0 aromatic heterocycles. The Balaban J connectivity index is 2.16. The molecule has 2 atom stereocenters. The highest BCUT2D eigenvalue weighted by molar-refractivity contribution is 4.87. The third kappa shape index (κ3) is 1.64. The molecule has 2 nitrogen and oxygen atoms in total. The van der Waals surface area contributed by atoms with Crippen LogP contribution in [0.15, 0.2) is 0 Å². The monoisotopic (exact) mass is 151 g/mol. The van der Waals surface area contributed by atoms with Crippen LogP contribution >= 0.6 is 0 Å². The molecule has 1 aliphatic rings. The van der Waals surface area contributed by atoms with Crippen molar-refractivity contribution in [3.63, 3.8) is 0 Å². The van der Waals surface area contributed by atoms with Crippen LogP contribution in [0, 0.1) is 5.92 Å². The molecule has 2 N–H and O–H groups in total. The first-order chi connectivity index (χ1) is 4.74. The van der Waals surface area contributed by atoms with Crippen LogP contribution in [0.4, 0.5) is 8.78 Å². The zero-order chi connectivity index (χ0) is 7.56. The van der Waals surface area contributed by atoms with E-state index in [1.807, 2.05) is 0 Å². The van der Waals surface area contributed by atoms with Gasteiger partial charge >= 0.3 is 0 Å². The Morgan fingerprint density at radius 3 is 2.60 bits per heavy atom. The summed E-state index contributed by atoms with van der Waals surface area (Å²) in [6.07, 6.45) is -2.32. The highest BCUT2D eigenvalue weighted by Gasteiger charge is 2.31. The molecule has 0 aromatic rings. The highest BCUT2D eigenvalue weighted by atomic mass is 19.3. The van der Waals surface area contributed by atoms with Crippen molar-refractivity contribution < 1.29 is 13.9 Å². The van der Waals surface area contributed by atoms with E-state index in [0.29, 0.717) is 6.54 Å². The van der Waals surface area contributed by atoms with Crippen molar-refractivity contribution in [2.75, 3.05) is 13.2 Å². The van der Waals surface area contributed by atoms with Crippen LogP contribution in [0.5, 0.6) is 0 Å². The second-order valence-electron chi connectivity index (χ2n) is 2.58. The van der Waals surface area contributed by atoms with Crippen LogP contribution < -0.4 is 5.32 Å². The van der Waals surface area contributed by atoms with E-state index in [4.69, 9.17) is 5.11 Å². The molecule has 0 aliphatic carbocycles. The lowest BCUT2D eigenvalue weighted by Crippen LogP contribution is -2.55. The summed E-state index contributed by atoms with van der Waals surface area (Å²) in [7, 11) is 0. The van der Waals surface area contributed by atoms with Gasteiger partial charge in [-0.1, -0.05) is 0 Å². The number of halogens is 2. The van der Waals surface area contributed by atoms with Crippen molar-refractivity contribution >= 4 is 0 Å². The number of aliphatic hydroxyl groups excluding tert-OH is 1. The summed E-state index contributed by atoms with van der Waals surface area (Å²) in [5, 5.41) is 11.4. The van der Waals surface area contributed by atoms with Gasteiger partial charge in [-0.05, 0) is 5.92 Å². The lowest BCUT2D eigenvalue weighted by molar-refractivity contribution is 0.0575. The Morgan fingerprint density at radius 2 is 2.30 bits per heavy atom. The predicted molar refractivity (Wildman–Crippen MR) is 33.0 cm³/mol. The molecule has 0 spiro atoms. The molecule has 4 heteroatoms. The van der Waals surface area contributed by atoms with Crippen molar-refractivity contribution in [1.29, 1.82) is 0 Å². The molecule has 1 rings (SSSR count). The molecule has 0 unspecified atom stereocenters. The summed E-state index contributed by atoms with van der Waals surface area (Å²) < 4.78 is 23.4. The van der Waals surface area contributed by atoms with E-state index in [2.05, 4.69) is 5.32 Å². The van der Waals surface area contributed by atoms with Crippen LogP contribution in [0.25, 0.3) is 0 Å². The number of hydrogen-bond donors (Lipinski definition) is 2. The lowest BCUT2D eigenvalue weighted by atomic mass is 9.89. The fraction of sp³-hybridized carbons (Fsp3) is 1.00. The van der Waals surface area contributed by atoms with E-state index in [0.717, 1.165) is 0 Å². The first kappa shape index (κ1) is 7.88. The van der Waals surface area contributed by atoms with Crippen LogP contribution in [0.3, 0.4) is 0 Å². The molecule has 1 saturated heterocycles. The average molecular weight is 151 g/mol. The van der Waals surface area contributed by atoms with Gasteiger partial charge in [0.15, 0.2) is 0 Å². The molecule has 0 radical (unpaired) electrons. The molecule has 1 aliphatic heterocycles. The molecule has 0 saturated carbocycles. The minimum absolute atomic E-state index is 0.0231. The minimum Gasteiger partial charge on any atom is -0.395 e. The molecule has 0 bridgehead atoms. The van der Waals surface area contributed by atoms with Crippen molar-refractivity contribution in [2.45, 2.75) is 18.9 Å². The van der Waals surface area contributed by atoms with E-state index in [-0.39, 0.29) is 25.0 Å². The van der Waals surface area contributed by atoms with E-state index >= 15 is 0 Å². The van der Waals surface area contributed by atoms with Gasteiger partial charge in [-0.15, -0.1) is 0 Å². The SMILES string of the molecule is OC[C@H]1NC[C@@H]1CC(F)F. The van der Waals surface area contributed by atoms with Gasteiger partial charge in [0.2, 0.25) is 6.43 Å². The smallest absolute Gasteiger partial charge is 0.239 e. The van der Waals surface area contributed by atoms with E-state index in [1.54, 1.807) is 0 Å². The van der Waals surface area contributed by atoms with E-state index in [9.17, 15) is 8.78 Å². The first-order valence-electron chi connectivity index (χ1n) is 3.36. The third-order valence-corrected chi connectivity index (χ3v) is 1.89. The molecule has 60 valence electrons. The Bertz CT molecular complexity index is 108. The van der Waals surface area contributed by atoms with Crippen LogP contribution in [-0.4, -0.2) is 30.7 Å². The Kier molecular flexibility index (Phi) is 2.56. The highest BCUT2D eigenvalue weighted by Crippen LogP contribution is 2.20. The summed E-state index contributed by atoms with van der Waals surface area (Å²) in [6.45, 7) is 0.590. The quantitative estimate of drug-likeness (QED) is 0.604. The molecular formula is C6H11F2NO. The Labute approximate surface area is 58.2 Å². The third-order valence-electron chi connectivity index (χ3n) is 1.89. The van der Waals surface area contributed by atoms with E-state index in [1.165, 1.54) is 0 Å². The second-order valence-corrected chi connectivity index (χ2v) is 2.58. The zero-order valence-corrected chi connectivity index (χ0v) is 5.56. The van der Waals surface area contributed by atoms with Gasteiger partial charge < -0.3 is 10.4 Å². The average Bonchev–Trinajstić information content (AvgIpc) is 1.82. The standard InChI is InChI=1S/C6H11F2NO/c7-6(8)1-4-2-9-5(4)3-10/h4-6,9-10H,1-3H2/t4-,5+/m0/s1. The zero-order valence-electron chi connectivity index (χ0n) is 5.56. The largest absolute Gasteiger partial charge is 0.395 e. The maximum absolute atomic E-state index is 11.7. The van der Waals surface area contributed by atoms with Gasteiger partial charge in [0, 0.05) is 19.0 Å². The van der Waals surface area contributed by atoms with Gasteiger partial charge in [0.05, 0.1) is 6.61 Å². The van der Waals surface area contributed by atoms with Gasteiger partial charge in [-0.2, -0.15) is 0 Å². The molecule has 0 amide bonds. The van der Waals surface area contributed by atoms with Crippen LogP contribution in [0.1, 0.15) is 6.42 Å². The summed E-state index contributed by atoms with van der Waals surface area (Å²) in [6, 6.07) is -0.0889. The Hall–Kier alpha value is -0.220. The topological polar surface area (TPSA) is 32.3 Å². The summed E-state index contributed by atoms with van der Waals surface area (Å²) >= 11 is 0. The lowest BCUT2D eigenvalue weighted by Gasteiger charge is -2.36. The number of hydrogen-bond acceptors (Lipinski definition) is 2. The van der Waals surface area contributed by atoms with Crippen molar-refractivity contribution in [2.24, 2.45) is 5.92 Å². The second kappa shape index (κ2) is 3.25. The van der Waals surface area contributed by atoms with Crippen molar-refractivity contribution in [3.8, 4) is 0 Å². The summed E-state index contributed by atoms with van der Waals surface area (Å²) in [5.41, 5.74) is 0. The van der Waals surface area contributed by atoms with Gasteiger partial charge in [0.25, 0.3) is 0 Å². The fourth-order valence-corrected chi connectivity index (χ4v) is 1.14. The van der Waals surface area contributed by atoms with Crippen LogP contribution in [-0.2, 0) is 0 Å². The number of nitrogens with one attached hydrogen (secondary N) is 1. The van der Waals surface area contributed by atoms with E-state index < -0.39 is 6.43 Å². The Morgan fingerprint density at radius 1 is 1.60 bits per heavy atom. The molecule has 0 aromatic carbocycles. The van der Waals surface area contributed by atoms with Gasteiger partial charge in [0.1, 0.15) is 0 Å². The summed E-state index contributed by atoms with van der Waals surface area (Å²) in [4.78, 5) is 0. The maximum Gasteiger partial charge on any atom is 0.239 e. The fourth-order valence-electron chi connectivity index (χ4n) is 1.14. The number of alkyl halides is 2. The molecular weight excluding hydrogens is 140 g/mol. The first-order valence-corrected chi connectivity index (χ1v) is 3.36. The molecule has 10 heavy (non-hydrogen) atoms. The number of aliphatic hydroxyl groups is 1. The predicted octanol–water partition coefficient (Wildman–Crippen LogP) is 0.222. The van der Waals surface area contributed by atoms with Gasteiger partial charge in [-0.3, -0.25) is 0 Å². The molecule has 1 fully saturated rings. The summed E-state index contributed by atoms with van der Waals surface area (Å²) in [5.74, 6) is -0.0231. The molecule has 1 heterocycles. The van der Waals surface area contributed by atoms with Crippen LogP contribution in [0.2, 0.25) is 0 Å². The van der Waals surface area contributed by atoms with Crippen molar-refractivity contribution in [3.05, 3.63) is 0 Å².